The number of halogens is 2. The number of thioether (sulfide) groups is 1. The number of ether oxygens (including phenoxy) is 1. The topological polar surface area (TPSA) is 76.5 Å². The highest BCUT2D eigenvalue weighted by atomic mass is 32.2. The number of anilines is 1. The number of amides is 2. The van der Waals surface area contributed by atoms with Crippen LogP contribution in [0.2, 0.25) is 0 Å². The van der Waals surface area contributed by atoms with Gasteiger partial charge in [0.1, 0.15) is 24.0 Å². The molecule has 3 heterocycles. The summed E-state index contributed by atoms with van der Waals surface area (Å²) in [5.41, 5.74) is 1.24. The van der Waals surface area contributed by atoms with Crippen molar-refractivity contribution in [3.63, 3.8) is 0 Å². The minimum Gasteiger partial charge on any atom is -0.376 e. The molecule has 7 nitrogen and oxygen atoms in total. The minimum absolute atomic E-state index is 0.00932. The largest absolute Gasteiger partial charge is 0.376 e. The molecule has 1 saturated heterocycles. The van der Waals surface area contributed by atoms with Gasteiger partial charge < -0.3 is 10.1 Å². The number of carbonyl (C=O) groups excluding carboxylic acids is 2. The highest BCUT2D eigenvalue weighted by molar-refractivity contribution is 8.00. The Bertz CT molecular complexity index is 1090. The number of aromatic nitrogens is 2. The quantitative estimate of drug-likeness (QED) is 0.692. The molecule has 2 atom stereocenters. The third kappa shape index (κ3) is 4.98. The van der Waals surface area contributed by atoms with Crippen LogP contribution in [0.15, 0.2) is 18.2 Å². The summed E-state index contributed by atoms with van der Waals surface area (Å²) >= 11 is 1.26. The zero-order valence-electron chi connectivity index (χ0n) is 19.9. The highest BCUT2D eigenvalue weighted by Gasteiger charge is 2.39. The van der Waals surface area contributed by atoms with Gasteiger partial charge in [-0.05, 0) is 18.9 Å². The van der Waals surface area contributed by atoms with E-state index in [0.717, 1.165) is 18.9 Å². The molecular weight excluding hydrogens is 462 g/mol. The second-order valence-corrected chi connectivity index (χ2v) is 10.8. The van der Waals surface area contributed by atoms with Gasteiger partial charge in [-0.2, -0.15) is 5.10 Å². The van der Waals surface area contributed by atoms with Crippen LogP contribution in [0, 0.1) is 11.6 Å². The third-order valence-electron chi connectivity index (χ3n) is 6.05. The molecule has 2 aromatic rings. The van der Waals surface area contributed by atoms with Crippen LogP contribution in [0.3, 0.4) is 0 Å². The normalized spacial score (nSPS) is 20.9. The summed E-state index contributed by atoms with van der Waals surface area (Å²) in [6.45, 7) is 6.88. The lowest BCUT2D eigenvalue weighted by Gasteiger charge is -2.24. The molecule has 1 fully saturated rings. The number of rotatable bonds is 5. The van der Waals surface area contributed by atoms with E-state index in [1.165, 1.54) is 28.8 Å². The SMILES string of the molecule is Cn1nc(C(C)(C)C)c2c1N(CC(=O)NCC1CCCO1)C(=O)CSC2c1ccc(F)cc1F. The summed E-state index contributed by atoms with van der Waals surface area (Å²) in [5, 5.41) is 6.97. The Kier molecular flexibility index (Phi) is 7.00. The molecule has 2 unspecified atom stereocenters. The molecule has 0 bridgehead atoms. The van der Waals surface area contributed by atoms with Crippen LogP contribution in [0.25, 0.3) is 0 Å². The Balaban J connectivity index is 1.73. The molecule has 0 radical (unpaired) electrons. The number of carbonyl (C=O) groups is 2. The van der Waals surface area contributed by atoms with Crippen molar-refractivity contribution in [2.75, 3.05) is 30.3 Å². The predicted molar refractivity (Wildman–Crippen MR) is 127 cm³/mol. The van der Waals surface area contributed by atoms with Gasteiger partial charge in [0, 0.05) is 42.8 Å². The second kappa shape index (κ2) is 9.65. The fourth-order valence-corrected chi connectivity index (χ4v) is 5.66. The third-order valence-corrected chi connectivity index (χ3v) is 7.29. The van der Waals surface area contributed by atoms with Gasteiger partial charge in [-0.3, -0.25) is 19.2 Å². The molecule has 0 saturated carbocycles. The first kappa shape index (κ1) is 24.7. The van der Waals surface area contributed by atoms with E-state index in [0.29, 0.717) is 30.2 Å². The predicted octanol–water partition coefficient (Wildman–Crippen LogP) is 3.46. The van der Waals surface area contributed by atoms with Crippen LogP contribution in [-0.4, -0.2) is 53.1 Å². The lowest BCUT2D eigenvalue weighted by molar-refractivity contribution is -0.123. The van der Waals surface area contributed by atoms with Crippen LogP contribution in [0.4, 0.5) is 14.6 Å². The molecule has 0 aliphatic carbocycles. The van der Waals surface area contributed by atoms with Gasteiger partial charge in [-0.25, -0.2) is 8.78 Å². The van der Waals surface area contributed by atoms with Crippen LogP contribution < -0.4 is 10.2 Å². The van der Waals surface area contributed by atoms with Gasteiger partial charge in [0.2, 0.25) is 11.8 Å². The molecular formula is C24H30F2N4O3S. The van der Waals surface area contributed by atoms with E-state index >= 15 is 0 Å². The number of hydrogen-bond donors (Lipinski definition) is 1. The molecule has 34 heavy (non-hydrogen) atoms. The lowest BCUT2D eigenvalue weighted by Crippen LogP contribution is -2.44. The number of benzene rings is 1. The van der Waals surface area contributed by atoms with E-state index < -0.39 is 22.3 Å². The van der Waals surface area contributed by atoms with E-state index in [1.807, 2.05) is 20.8 Å². The summed E-state index contributed by atoms with van der Waals surface area (Å²) < 4.78 is 35.7. The maximum absolute atomic E-state index is 14.9. The van der Waals surface area contributed by atoms with Gasteiger partial charge in [-0.1, -0.05) is 26.8 Å². The van der Waals surface area contributed by atoms with Crippen LogP contribution >= 0.6 is 11.8 Å². The van der Waals surface area contributed by atoms with Crippen molar-refractivity contribution in [2.24, 2.45) is 7.05 Å². The molecule has 184 valence electrons. The smallest absolute Gasteiger partial charge is 0.240 e. The molecule has 1 aromatic heterocycles. The van der Waals surface area contributed by atoms with Crippen molar-refractivity contribution < 1.29 is 23.1 Å². The lowest BCUT2D eigenvalue weighted by atomic mass is 9.87. The molecule has 0 spiro atoms. The summed E-state index contributed by atoms with van der Waals surface area (Å²) in [4.78, 5) is 27.4. The Morgan fingerprint density at radius 2 is 2.09 bits per heavy atom. The van der Waals surface area contributed by atoms with E-state index in [-0.39, 0.29) is 35.8 Å². The van der Waals surface area contributed by atoms with Crippen molar-refractivity contribution in [2.45, 2.75) is 50.4 Å². The van der Waals surface area contributed by atoms with Gasteiger partial charge in [0.05, 0.1) is 22.8 Å². The van der Waals surface area contributed by atoms with E-state index in [4.69, 9.17) is 9.84 Å². The zero-order valence-corrected chi connectivity index (χ0v) is 20.7. The van der Waals surface area contributed by atoms with Crippen molar-refractivity contribution >= 4 is 29.4 Å². The Morgan fingerprint density at radius 1 is 1.32 bits per heavy atom. The van der Waals surface area contributed by atoms with Crippen molar-refractivity contribution in [1.82, 2.24) is 15.1 Å². The molecule has 4 rings (SSSR count). The van der Waals surface area contributed by atoms with Crippen molar-refractivity contribution in [3.05, 3.63) is 46.7 Å². The number of nitrogens with one attached hydrogen (secondary N) is 1. The minimum atomic E-state index is -0.678. The van der Waals surface area contributed by atoms with Crippen LogP contribution in [0.5, 0.6) is 0 Å². The number of nitrogens with zero attached hydrogens (tertiary/aromatic N) is 3. The van der Waals surface area contributed by atoms with Gasteiger partial charge in [0.25, 0.3) is 0 Å². The fourth-order valence-electron chi connectivity index (χ4n) is 4.44. The Labute approximate surface area is 202 Å². The summed E-state index contributed by atoms with van der Waals surface area (Å²) in [6, 6.07) is 3.49. The van der Waals surface area contributed by atoms with Gasteiger partial charge in [0.15, 0.2) is 0 Å². The molecule has 2 amide bonds. The van der Waals surface area contributed by atoms with E-state index in [2.05, 4.69) is 5.32 Å². The standard InChI is InChI=1S/C24H30F2N4O3S/c1-24(2,3)22-20-21(16-8-7-14(25)10-17(16)26)34-13-19(32)30(23(20)29(4)28-22)12-18(31)27-11-15-6-5-9-33-15/h7-8,10,15,21H,5-6,9,11-13H2,1-4H3,(H,27,31). The van der Waals surface area contributed by atoms with E-state index in [9.17, 15) is 18.4 Å². The highest BCUT2D eigenvalue weighted by Crippen LogP contribution is 2.48. The summed E-state index contributed by atoms with van der Waals surface area (Å²) in [6.07, 6.45) is 1.85. The van der Waals surface area contributed by atoms with Gasteiger partial charge in [-0.15, -0.1) is 11.8 Å². The van der Waals surface area contributed by atoms with Gasteiger partial charge >= 0.3 is 0 Å². The van der Waals surface area contributed by atoms with Crippen molar-refractivity contribution in [1.29, 1.82) is 0 Å². The fraction of sp³-hybridized carbons (Fsp3) is 0.542. The first-order valence-electron chi connectivity index (χ1n) is 11.4. The molecule has 2 aliphatic rings. The van der Waals surface area contributed by atoms with Crippen LogP contribution in [0.1, 0.15) is 55.7 Å². The monoisotopic (exact) mass is 492 g/mol. The maximum Gasteiger partial charge on any atom is 0.240 e. The molecule has 1 N–H and O–H groups in total. The second-order valence-electron chi connectivity index (χ2n) is 9.74. The number of fused-ring (bicyclic) bond motifs is 1. The first-order chi connectivity index (χ1) is 16.1. The van der Waals surface area contributed by atoms with Crippen LogP contribution in [-0.2, 0) is 26.8 Å². The average Bonchev–Trinajstić information content (AvgIpc) is 3.36. The van der Waals surface area contributed by atoms with E-state index in [1.54, 1.807) is 11.7 Å². The Morgan fingerprint density at radius 3 is 2.74 bits per heavy atom. The average molecular weight is 493 g/mol. The molecule has 1 aromatic carbocycles. The number of aryl methyl sites for hydroxylation is 1. The Hall–Kier alpha value is -2.46. The summed E-state index contributed by atoms with van der Waals surface area (Å²) in [7, 11) is 1.71. The number of hydrogen-bond acceptors (Lipinski definition) is 5. The van der Waals surface area contributed by atoms with Crippen molar-refractivity contribution in [3.8, 4) is 0 Å². The zero-order chi connectivity index (χ0) is 24.6. The maximum atomic E-state index is 14.9. The molecule has 10 heteroatoms. The molecule has 2 aliphatic heterocycles. The summed E-state index contributed by atoms with van der Waals surface area (Å²) in [5.74, 6) is -1.42. The first-order valence-corrected chi connectivity index (χ1v) is 12.4.